The average Bonchev–Trinajstić information content (AvgIpc) is 2.63. The highest BCUT2D eigenvalue weighted by atomic mass is 32.1. The normalized spacial score (nSPS) is 13.2. The summed E-state index contributed by atoms with van der Waals surface area (Å²) in [4.78, 5) is 11.5. The van der Waals surface area contributed by atoms with Crippen LogP contribution in [0.1, 0.15) is 32.6 Å². The topological polar surface area (TPSA) is 92.8 Å². The molecule has 0 saturated carbocycles. The van der Waals surface area contributed by atoms with E-state index in [1.165, 1.54) is 0 Å². The number of hydrogen-bond acceptors (Lipinski definition) is 6. The van der Waals surface area contributed by atoms with Gasteiger partial charge in [-0.2, -0.15) is 12.6 Å². The number of carbonyl (C=O) groups is 1. The number of amides is 1. The summed E-state index contributed by atoms with van der Waals surface area (Å²) in [6.45, 7) is 5.37. The summed E-state index contributed by atoms with van der Waals surface area (Å²) >= 11 is 4.10. The summed E-state index contributed by atoms with van der Waals surface area (Å²) in [7, 11) is 0. The molecule has 0 fully saturated rings. The van der Waals surface area contributed by atoms with Crippen molar-refractivity contribution in [1.29, 1.82) is 0 Å². The first-order valence-corrected chi connectivity index (χ1v) is 5.39. The molecule has 0 saturated heterocycles. The minimum Gasteiger partial charge on any atom is -0.444 e. The van der Waals surface area contributed by atoms with Gasteiger partial charge < -0.3 is 10.1 Å². The highest BCUT2D eigenvalue weighted by Gasteiger charge is 2.21. The maximum absolute atomic E-state index is 11.5. The molecule has 1 rings (SSSR count). The van der Waals surface area contributed by atoms with Crippen molar-refractivity contribution in [2.75, 3.05) is 5.75 Å². The Kier molecular flexibility index (Phi) is 4.11. The molecule has 0 aliphatic carbocycles. The number of nitrogens with one attached hydrogen (secondary N) is 2. The van der Waals surface area contributed by atoms with Gasteiger partial charge in [-0.3, -0.25) is 0 Å². The molecule has 1 atom stereocenters. The van der Waals surface area contributed by atoms with Gasteiger partial charge in [-0.15, -0.1) is 5.10 Å². The molecule has 0 aliphatic rings. The van der Waals surface area contributed by atoms with E-state index >= 15 is 0 Å². The molecule has 1 amide bonds. The third-order valence-electron chi connectivity index (χ3n) is 1.57. The highest BCUT2D eigenvalue weighted by molar-refractivity contribution is 7.80. The molecule has 7 nitrogen and oxygen atoms in total. The summed E-state index contributed by atoms with van der Waals surface area (Å²) in [5, 5.41) is 15.7. The van der Waals surface area contributed by atoms with E-state index in [1.807, 2.05) is 0 Å². The van der Waals surface area contributed by atoms with Crippen molar-refractivity contribution >= 4 is 18.7 Å². The number of aromatic amines is 1. The Labute approximate surface area is 98.7 Å². The van der Waals surface area contributed by atoms with Crippen molar-refractivity contribution in [1.82, 2.24) is 25.9 Å². The first kappa shape index (κ1) is 12.8. The SMILES string of the molecule is CC(C)(C)OC(=O)N[C@H](CS)c1nnn[nH]1. The Morgan fingerprint density at radius 2 is 2.31 bits per heavy atom. The van der Waals surface area contributed by atoms with Crippen LogP contribution >= 0.6 is 12.6 Å². The lowest BCUT2D eigenvalue weighted by Gasteiger charge is -2.21. The molecule has 8 heteroatoms. The van der Waals surface area contributed by atoms with Gasteiger partial charge in [0.05, 0.1) is 0 Å². The standard InChI is InChI=1S/C8H15N5O2S/c1-8(2,3)15-7(14)9-5(4-16)6-10-12-13-11-6/h5,16H,4H2,1-3H3,(H,9,14)(H,10,11,12,13)/t5-/m1/s1. The number of carbonyl (C=O) groups excluding carboxylic acids is 1. The maximum Gasteiger partial charge on any atom is 0.408 e. The van der Waals surface area contributed by atoms with Crippen LogP contribution in [0.2, 0.25) is 0 Å². The van der Waals surface area contributed by atoms with Crippen LogP contribution in [-0.4, -0.2) is 38.1 Å². The second-order valence-electron chi connectivity index (χ2n) is 4.17. The smallest absolute Gasteiger partial charge is 0.408 e. The van der Waals surface area contributed by atoms with Crippen LogP contribution in [0.3, 0.4) is 0 Å². The van der Waals surface area contributed by atoms with Gasteiger partial charge in [0.25, 0.3) is 0 Å². The van der Waals surface area contributed by atoms with Crippen LogP contribution < -0.4 is 5.32 Å². The van der Waals surface area contributed by atoms with E-state index in [0.717, 1.165) is 0 Å². The van der Waals surface area contributed by atoms with Gasteiger partial charge in [0.1, 0.15) is 11.6 Å². The maximum atomic E-state index is 11.5. The lowest BCUT2D eigenvalue weighted by Crippen LogP contribution is -2.36. The van der Waals surface area contributed by atoms with E-state index in [0.29, 0.717) is 11.6 Å². The fraction of sp³-hybridized carbons (Fsp3) is 0.750. The minimum absolute atomic E-state index is 0.371. The molecule has 90 valence electrons. The number of ether oxygens (including phenoxy) is 1. The first-order chi connectivity index (χ1) is 7.42. The monoisotopic (exact) mass is 245 g/mol. The molecular weight excluding hydrogens is 230 g/mol. The summed E-state index contributed by atoms with van der Waals surface area (Å²) in [5.41, 5.74) is -0.537. The van der Waals surface area contributed by atoms with Gasteiger partial charge in [0.15, 0.2) is 5.82 Å². The van der Waals surface area contributed by atoms with Crippen LogP contribution in [0, 0.1) is 0 Å². The van der Waals surface area contributed by atoms with Crippen molar-refractivity contribution in [3.8, 4) is 0 Å². The molecule has 2 N–H and O–H groups in total. The van der Waals surface area contributed by atoms with Crippen LogP contribution in [0.5, 0.6) is 0 Å². The van der Waals surface area contributed by atoms with Gasteiger partial charge in [0.2, 0.25) is 0 Å². The largest absolute Gasteiger partial charge is 0.444 e. The van der Waals surface area contributed by atoms with E-state index in [2.05, 4.69) is 38.6 Å². The molecule has 0 aliphatic heterocycles. The molecule has 0 radical (unpaired) electrons. The number of nitrogens with zero attached hydrogens (tertiary/aromatic N) is 3. The number of aromatic nitrogens is 4. The number of hydrogen-bond donors (Lipinski definition) is 3. The van der Waals surface area contributed by atoms with Gasteiger partial charge >= 0.3 is 6.09 Å². The first-order valence-electron chi connectivity index (χ1n) is 4.76. The van der Waals surface area contributed by atoms with Gasteiger partial charge in [-0.25, -0.2) is 9.89 Å². The van der Waals surface area contributed by atoms with Crippen LogP contribution in [-0.2, 0) is 4.74 Å². The Morgan fingerprint density at radius 1 is 1.62 bits per heavy atom. The predicted molar refractivity (Wildman–Crippen MR) is 60.1 cm³/mol. The van der Waals surface area contributed by atoms with Gasteiger partial charge in [-0.05, 0) is 31.2 Å². The van der Waals surface area contributed by atoms with Crippen LogP contribution in [0.25, 0.3) is 0 Å². The van der Waals surface area contributed by atoms with Crippen LogP contribution in [0.4, 0.5) is 4.79 Å². The second-order valence-corrected chi connectivity index (χ2v) is 4.53. The summed E-state index contributed by atoms with van der Waals surface area (Å²) in [6.07, 6.45) is -0.525. The number of rotatable bonds is 3. The third-order valence-corrected chi connectivity index (χ3v) is 1.93. The van der Waals surface area contributed by atoms with E-state index in [1.54, 1.807) is 20.8 Å². The minimum atomic E-state index is -0.537. The van der Waals surface area contributed by atoms with Crippen molar-refractivity contribution in [3.05, 3.63) is 5.82 Å². The molecule has 0 aromatic carbocycles. The zero-order valence-electron chi connectivity index (χ0n) is 9.39. The van der Waals surface area contributed by atoms with Gasteiger partial charge in [0, 0.05) is 5.75 Å². The zero-order chi connectivity index (χ0) is 12.2. The molecular formula is C8H15N5O2S. The highest BCUT2D eigenvalue weighted by Crippen LogP contribution is 2.11. The summed E-state index contributed by atoms with van der Waals surface area (Å²) < 4.78 is 5.10. The van der Waals surface area contributed by atoms with E-state index in [9.17, 15) is 4.79 Å². The third kappa shape index (κ3) is 4.05. The second kappa shape index (κ2) is 5.15. The Bertz CT molecular complexity index is 335. The fourth-order valence-electron chi connectivity index (χ4n) is 0.964. The Balaban J connectivity index is 2.55. The van der Waals surface area contributed by atoms with Crippen molar-refractivity contribution in [2.45, 2.75) is 32.4 Å². The molecule has 1 aromatic rings. The lowest BCUT2D eigenvalue weighted by molar-refractivity contribution is 0.0507. The number of alkyl carbamates (subject to hydrolysis) is 1. The van der Waals surface area contributed by atoms with Crippen molar-refractivity contribution in [2.24, 2.45) is 0 Å². The fourth-order valence-corrected chi connectivity index (χ4v) is 1.23. The molecule has 16 heavy (non-hydrogen) atoms. The Hall–Kier alpha value is -1.31. The summed E-state index contributed by atoms with van der Waals surface area (Å²) in [5.74, 6) is 0.816. The van der Waals surface area contributed by atoms with Crippen molar-refractivity contribution < 1.29 is 9.53 Å². The van der Waals surface area contributed by atoms with E-state index < -0.39 is 17.7 Å². The quantitative estimate of drug-likeness (QED) is 0.681. The number of thiol groups is 1. The van der Waals surface area contributed by atoms with E-state index in [-0.39, 0.29) is 0 Å². The molecule has 1 aromatic heterocycles. The molecule has 0 bridgehead atoms. The Morgan fingerprint density at radius 3 is 2.75 bits per heavy atom. The average molecular weight is 245 g/mol. The molecule has 0 spiro atoms. The number of tetrazole rings is 1. The van der Waals surface area contributed by atoms with Gasteiger partial charge in [-0.1, -0.05) is 0 Å². The van der Waals surface area contributed by atoms with Crippen molar-refractivity contribution in [3.63, 3.8) is 0 Å². The summed E-state index contributed by atoms with van der Waals surface area (Å²) in [6, 6.07) is -0.395. The molecule has 0 unspecified atom stereocenters. The van der Waals surface area contributed by atoms with E-state index in [4.69, 9.17) is 4.74 Å². The lowest BCUT2D eigenvalue weighted by atomic mass is 10.2. The molecule has 1 heterocycles. The number of H-pyrrole nitrogens is 1. The van der Waals surface area contributed by atoms with Crippen LogP contribution in [0.15, 0.2) is 0 Å². The zero-order valence-corrected chi connectivity index (χ0v) is 10.3. The predicted octanol–water partition coefficient (Wildman–Crippen LogP) is 0.695.